The number of nitriles is 1. The van der Waals surface area contributed by atoms with Crippen molar-refractivity contribution in [2.45, 2.75) is 6.92 Å². The predicted molar refractivity (Wildman–Crippen MR) is 67.0 cm³/mol. The summed E-state index contributed by atoms with van der Waals surface area (Å²) >= 11 is 8.91. The molecule has 0 aliphatic heterocycles. The van der Waals surface area contributed by atoms with Crippen LogP contribution < -0.4 is 5.32 Å². The lowest BCUT2D eigenvalue weighted by atomic mass is 10.2. The van der Waals surface area contributed by atoms with Crippen LogP contribution in [0.4, 0.5) is 5.69 Å². The fraction of sp³-hybridized carbons (Fsp3) is 0.182. The summed E-state index contributed by atoms with van der Waals surface area (Å²) in [5.74, 6) is 0. The summed E-state index contributed by atoms with van der Waals surface area (Å²) in [5.41, 5.74) is 3.97. The summed E-state index contributed by atoms with van der Waals surface area (Å²) in [6.45, 7) is 2.55. The standard InChI is InChI=1S/C11H10BrClN2/c1-8(5-13)7-15-11-4-10(12)3-2-9(11)6-14/h2-5,15H,7H2,1H3/b8-5-. The van der Waals surface area contributed by atoms with Gasteiger partial charge in [0.15, 0.2) is 0 Å². The van der Waals surface area contributed by atoms with E-state index in [2.05, 4.69) is 27.3 Å². The van der Waals surface area contributed by atoms with Crippen molar-refractivity contribution in [2.24, 2.45) is 0 Å². The van der Waals surface area contributed by atoms with E-state index >= 15 is 0 Å². The molecule has 0 aromatic heterocycles. The molecule has 1 rings (SSSR count). The van der Waals surface area contributed by atoms with Crippen molar-refractivity contribution in [2.75, 3.05) is 11.9 Å². The second-order valence-electron chi connectivity index (χ2n) is 3.11. The molecule has 0 heterocycles. The van der Waals surface area contributed by atoms with E-state index in [0.29, 0.717) is 12.1 Å². The van der Waals surface area contributed by atoms with Crippen molar-refractivity contribution in [3.63, 3.8) is 0 Å². The van der Waals surface area contributed by atoms with Gasteiger partial charge in [-0.3, -0.25) is 0 Å². The SMILES string of the molecule is C/C(=C/Cl)CNc1cc(Br)ccc1C#N. The van der Waals surface area contributed by atoms with E-state index in [9.17, 15) is 0 Å². The fourth-order valence-electron chi connectivity index (χ4n) is 1.03. The number of nitrogens with one attached hydrogen (secondary N) is 1. The highest BCUT2D eigenvalue weighted by atomic mass is 79.9. The summed E-state index contributed by atoms with van der Waals surface area (Å²) in [7, 11) is 0. The maximum Gasteiger partial charge on any atom is 0.101 e. The molecule has 78 valence electrons. The van der Waals surface area contributed by atoms with Crippen molar-refractivity contribution in [3.05, 3.63) is 39.3 Å². The van der Waals surface area contributed by atoms with Gasteiger partial charge in [0.2, 0.25) is 0 Å². The number of halogens is 2. The van der Waals surface area contributed by atoms with Gasteiger partial charge in [0.1, 0.15) is 6.07 Å². The summed E-state index contributed by atoms with van der Waals surface area (Å²) in [6, 6.07) is 7.62. The Morgan fingerprint density at radius 3 is 3.00 bits per heavy atom. The number of hydrogen-bond donors (Lipinski definition) is 1. The van der Waals surface area contributed by atoms with E-state index in [1.807, 2.05) is 19.1 Å². The van der Waals surface area contributed by atoms with E-state index in [1.165, 1.54) is 5.54 Å². The average molecular weight is 286 g/mol. The number of benzene rings is 1. The Bertz CT molecular complexity index is 421. The third kappa shape index (κ3) is 3.58. The number of anilines is 1. The summed E-state index contributed by atoms with van der Waals surface area (Å²) in [4.78, 5) is 0. The summed E-state index contributed by atoms with van der Waals surface area (Å²) in [5, 5.41) is 12.0. The molecule has 1 N–H and O–H groups in total. The second-order valence-corrected chi connectivity index (χ2v) is 4.24. The third-order valence-corrected chi connectivity index (χ3v) is 2.71. The lowest BCUT2D eigenvalue weighted by Gasteiger charge is -2.08. The van der Waals surface area contributed by atoms with E-state index in [4.69, 9.17) is 16.9 Å². The van der Waals surface area contributed by atoms with Crippen LogP contribution >= 0.6 is 27.5 Å². The maximum atomic E-state index is 8.89. The van der Waals surface area contributed by atoms with Gasteiger partial charge in [0.05, 0.1) is 11.3 Å². The van der Waals surface area contributed by atoms with Gasteiger partial charge in [-0.1, -0.05) is 27.5 Å². The van der Waals surface area contributed by atoms with Crippen molar-refractivity contribution >= 4 is 33.2 Å². The zero-order chi connectivity index (χ0) is 11.3. The Hall–Kier alpha value is -0.980. The topological polar surface area (TPSA) is 35.8 Å². The van der Waals surface area contributed by atoms with Crippen molar-refractivity contribution < 1.29 is 0 Å². The van der Waals surface area contributed by atoms with Gasteiger partial charge < -0.3 is 5.32 Å². The lowest BCUT2D eigenvalue weighted by Crippen LogP contribution is -2.03. The largest absolute Gasteiger partial charge is 0.380 e. The predicted octanol–water partition coefficient (Wildman–Crippen LogP) is 3.88. The molecule has 0 saturated heterocycles. The van der Waals surface area contributed by atoms with Gasteiger partial charge in [-0.15, -0.1) is 0 Å². The van der Waals surface area contributed by atoms with Gasteiger partial charge in [0.25, 0.3) is 0 Å². The van der Waals surface area contributed by atoms with Crippen LogP contribution in [-0.4, -0.2) is 6.54 Å². The number of nitrogens with zero attached hydrogens (tertiary/aromatic N) is 1. The summed E-state index contributed by atoms with van der Waals surface area (Å²) < 4.78 is 0.941. The molecule has 15 heavy (non-hydrogen) atoms. The lowest BCUT2D eigenvalue weighted by molar-refractivity contribution is 1.21. The Balaban J connectivity index is 2.84. The third-order valence-electron chi connectivity index (χ3n) is 1.85. The minimum Gasteiger partial charge on any atom is -0.380 e. The second kappa shape index (κ2) is 5.79. The normalized spacial score (nSPS) is 10.9. The molecule has 0 fully saturated rings. The highest BCUT2D eigenvalue weighted by Crippen LogP contribution is 2.20. The molecular formula is C11H10BrClN2. The first-order valence-corrected chi connectivity index (χ1v) is 5.59. The molecule has 0 bridgehead atoms. The molecule has 4 heteroatoms. The number of rotatable bonds is 3. The van der Waals surface area contributed by atoms with Gasteiger partial charge >= 0.3 is 0 Å². The quantitative estimate of drug-likeness (QED) is 0.915. The Kier molecular flexibility index (Phi) is 4.67. The van der Waals surface area contributed by atoms with Crippen LogP contribution in [0.25, 0.3) is 0 Å². The van der Waals surface area contributed by atoms with Crippen LogP contribution in [0, 0.1) is 11.3 Å². The first-order chi connectivity index (χ1) is 7.17. The Morgan fingerprint density at radius 1 is 1.67 bits per heavy atom. The van der Waals surface area contributed by atoms with Gasteiger partial charge in [-0.05, 0) is 30.7 Å². The molecule has 0 atom stereocenters. The first kappa shape index (κ1) is 12.1. The van der Waals surface area contributed by atoms with Crippen LogP contribution in [0.1, 0.15) is 12.5 Å². The molecule has 0 unspecified atom stereocenters. The Labute approximate surface area is 103 Å². The smallest absolute Gasteiger partial charge is 0.101 e. The molecule has 0 radical (unpaired) electrons. The molecule has 1 aromatic carbocycles. The van der Waals surface area contributed by atoms with Crippen LogP contribution in [0.15, 0.2) is 33.8 Å². The number of hydrogen-bond acceptors (Lipinski definition) is 2. The van der Waals surface area contributed by atoms with E-state index in [0.717, 1.165) is 15.7 Å². The van der Waals surface area contributed by atoms with Crippen molar-refractivity contribution in [3.8, 4) is 6.07 Å². The maximum absolute atomic E-state index is 8.89. The fourth-order valence-corrected chi connectivity index (χ4v) is 1.47. The first-order valence-electron chi connectivity index (χ1n) is 4.36. The molecule has 0 aliphatic rings. The van der Waals surface area contributed by atoms with E-state index < -0.39 is 0 Å². The van der Waals surface area contributed by atoms with E-state index in [1.54, 1.807) is 6.07 Å². The molecular weight excluding hydrogens is 275 g/mol. The Morgan fingerprint density at radius 2 is 2.40 bits per heavy atom. The zero-order valence-electron chi connectivity index (χ0n) is 8.22. The van der Waals surface area contributed by atoms with Crippen LogP contribution in [0.2, 0.25) is 0 Å². The van der Waals surface area contributed by atoms with Crippen LogP contribution in [0.3, 0.4) is 0 Å². The van der Waals surface area contributed by atoms with Gasteiger partial charge in [0, 0.05) is 16.6 Å². The molecule has 2 nitrogen and oxygen atoms in total. The molecule has 0 spiro atoms. The van der Waals surface area contributed by atoms with Crippen molar-refractivity contribution in [1.82, 2.24) is 0 Å². The van der Waals surface area contributed by atoms with Gasteiger partial charge in [-0.2, -0.15) is 5.26 Å². The van der Waals surface area contributed by atoms with Crippen LogP contribution in [-0.2, 0) is 0 Å². The molecule has 0 saturated carbocycles. The minimum atomic E-state index is 0.626. The van der Waals surface area contributed by atoms with Crippen molar-refractivity contribution in [1.29, 1.82) is 5.26 Å². The summed E-state index contributed by atoms with van der Waals surface area (Å²) in [6.07, 6.45) is 0. The highest BCUT2D eigenvalue weighted by Gasteiger charge is 2.01. The molecule has 0 amide bonds. The molecule has 1 aromatic rings. The van der Waals surface area contributed by atoms with E-state index in [-0.39, 0.29) is 0 Å². The highest BCUT2D eigenvalue weighted by molar-refractivity contribution is 9.10. The zero-order valence-corrected chi connectivity index (χ0v) is 10.6. The molecule has 0 aliphatic carbocycles. The minimum absolute atomic E-state index is 0.626. The van der Waals surface area contributed by atoms with Crippen LogP contribution in [0.5, 0.6) is 0 Å². The average Bonchev–Trinajstić information content (AvgIpc) is 2.26. The monoisotopic (exact) mass is 284 g/mol. The van der Waals surface area contributed by atoms with Gasteiger partial charge in [-0.25, -0.2) is 0 Å².